The van der Waals surface area contributed by atoms with E-state index in [-0.39, 0.29) is 0 Å². The van der Waals surface area contributed by atoms with Crippen LogP contribution in [0.15, 0.2) is 60.9 Å². The fourth-order valence-electron chi connectivity index (χ4n) is 2.73. The number of rotatable bonds is 8. The lowest BCUT2D eigenvalue weighted by Crippen LogP contribution is -2.08. The highest BCUT2D eigenvalue weighted by molar-refractivity contribution is 5.47. The topological polar surface area (TPSA) is 59.1 Å². The van der Waals surface area contributed by atoms with Gasteiger partial charge in [-0.2, -0.15) is 0 Å². The van der Waals surface area contributed by atoms with Gasteiger partial charge < -0.3 is 15.4 Å². The molecule has 134 valence electrons. The minimum absolute atomic E-state index is 0.738. The van der Waals surface area contributed by atoms with E-state index in [0.717, 1.165) is 36.9 Å². The van der Waals surface area contributed by atoms with Crippen molar-refractivity contribution in [1.82, 2.24) is 9.97 Å². The molecule has 2 aromatic carbocycles. The third kappa shape index (κ3) is 5.21. The maximum atomic E-state index is 5.26. The van der Waals surface area contributed by atoms with Gasteiger partial charge in [0.05, 0.1) is 7.11 Å². The quantitative estimate of drug-likeness (QED) is 0.643. The Bertz CT molecular complexity index is 851. The standard InChI is InChI=1S/C21H24N4O/c1-16-5-3-7-18(11-16)14-23-21-13-20(24-15-25-21)22-10-9-17-6-4-8-19(12-17)26-2/h3-8,11-13,15H,9-10,14H2,1-2H3,(H2,22,23,24,25). The van der Waals surface area contributed by atoms with E-state index in [0.29, 0.717) is 0 Å². The zero-order chi connectivity index (χ0) is 18.2. The van der Waals surface area contributed by atoms with Crippen LogP contribution in [-0.2, 0) is 13.0 Å². The molecule has 0 aliphatic carbocycles. The molecule has 26 heavy (non-hydrogen) atoms. The van der Waals surface area contributed by atoms with E-state index in [1.165, 1.54) is 16.7 Å². The molecular weight excluding hydrogens is 324 g/mol. The minimum atomic E-state index is 0.738. The first-order valence-corrected chi connectivity index (χ1v) is 8.71. The Balaban J connectivity index is 1.52. The van der Waals surface area contributed by atoms with Crippen LogP contribution in [0.3, 0.4) is 0 Å². The van der Waals surface area contributed by atoms with Crippen LogP contribution in [0, 0.1) is 6.92 Å². The van der Waals surface area contributed by atoms with Gasteiger partial charge in [0.1, 0.15) is 23.7 Å². The maximum absolute atomic E-state index is 5.26. The molecule has 0 saturated heterocycles. The molecule has 0 unspecified atom stereocenters. The van der Waals surface area contributed by atoms with E-state index in [1.807, 2.05) is 18.2 Å². The number of nitrogens with one attached hydrogen (secondary N) is 2. The molecular formula is C21H24N4O. The predicted molar refractivity (Wildman–Crippen MR) is 106 cm³/mol. The summed E-state index contributed by atoms with van der Waals surface area (Å²) in [5, 5.41) is 6.69. The van der Waals surface area contributed by atoms with Crippen molar-refractivity contribution in [3.8, 4) is 5.75 Å². The summed E-state index contributed by atoms with van der Waals surface area (Å²) in [5.74, 6) is 2.51. The predicted octanol–water partition coefficient (Wildman–Crippen LogP) is 4.06. The van der Waals surface area contributed by atoms with E-state index in [2.05, 4.69) is 63.9 Å². The summed E-state index contributed by atoms with van der Waals surface area (Å²) in [6.45, 7) is 3.63. The molecule has 0 aliphatic heterocycles. The Morgan fingerprint density at radius 3 is 2.46 bits per heavy atom. The van der Waals surface area contributed by atoms with E-state index in [9.17, 15) is 0 Å². The Labute approximate surface area is 154 Å². The second kappa shape index (κ2) is 8.85. The lowest BCUT2D eigenvalue weighted by atomic mass is 10.1. The van der Waals surface area contributed by atoms with Gasteiger partial charge in [-0.05, 0) is 36.6 Å². The summed E-state index contributed by atoms with van der Waals surface area (Å²) < 4.78 is 5.26. The van der Waals surface area contributed by atoms with E-state index in [1.54, 1.807) is 13.4 Å². The second-order valence-corrected chi connectivity index (χ2v) is 6.16. The normalized spacial score (nSPS) is 10.4. The number of nitrogens with zero attached hydrogens (tertiary/aromatic N) is 2. The molecule has 3 rings (SSSR count). The number of ether oxygens (including phenoxy) is 1. The first kappa shape index (κ1) is 17.7. The third-order valence-electron chi connectivity index (χ3n) is 4.08. The number of methoxy groups -OCH3 is 1. The highest BCUT2D eigenvalue weighted by atomic mass is 16.5. The molecule has 1 heterocycles. The molecule has 1 aromatic heterocycles. The summed E-state index contributed by atoms with van der Waals surface area (Å²) in [6, 6.07) is 18.5. The van der Waals surface area contributed by atoms with Crippen LogP contribution in [-0.4, -0.2) is 23.6 Å². The molecule has 0 bridgehead atoms. The fraction of sp³-hybridized carbons (Fsp3) is 0.238. The Hall–Kier alpha value is -3.08. The highest BCUT2D eigenvalue weighted by Gasteiger charge is 2.01. The van der Waals surface area contributed by atoms with Crippen LogP contribution in [0.2, 0.25) is 0 Å². The summed E-state index contributed by atoms with van der Waals surface area (Å²) in [7, 11) is 1.68. The van der Waals surface area contributed by atoms with Gasteiger partial charge in [-0.3, -0.25) is 0 Å². The molecule has 0 radical (unpaired) electrons. The Kier molecular flexibility index (Phi) is 6.04. The number of aromatic nitrogens is 2. The van der Waals surface area contributed by atoms with Crippen molar-refractivity contribution in [3.63, 3.8) is 0 Å². The first-order valence-electron chi connectivity index (χ1n) is 8.71. The van der Waals surface area contributed by atoms with E-state index < -0.39 is 0 Å². The van der Waals surface area contributed by atoms with Crippen molar-refractivity contribution >= 4 is 11.6 Å². The SMILES string of the molecule is COc1cccc(CCNc2cc(NCc3cccc(C)c3)ncn2)c1. The lowest BCUT2D eigenvalue weighted by molar-refractivity contribution is 0.414. The number of hydrogen-bond donors (Lipinski definition) is 2. The zero-order valence-corrected chi connectivity index (χ0v) is 15.2. The van der Waals surface area contributed by atoms with Crippen molar-refractivity contribution in [2.45, 2.75) is 19.9 Å². The summed E-state index contributed by atoms with van der Waals surface area (Å²) >= 11 is 0. The molecule has 2 N–H and O–H groups in total. The Morgan fingerprint density at radius 2 is 1.65 bits per heavy atom. The Morgan fingerprint density at radius 1 is 0.885 bits per heavy atom. The smallest absolute Gasteiger partial charge is 0.131 e. The van der Waals surface area contributed by atoms with Crippen molar-refractivity contribution in [3.05, 3.63) is 77.6 Å². The van der Waals surface area contributed by atoms with Gasteiger partial charge in [0, 0.05) is 19.2 Å². The average molecular weight is 348 g/mol. The van der Waals surface area contributed by atoms with Crippen LogP contribution < -0.4 is 15.4 Å². The van der Waals surface area contributed by atoms with Gasteiger partial charge in [-0.1, -0.05) is 42.0 Å². The molecule has 3 aromatic rings. The van der Waals surface area contributed by atoms with Gasteiger partial charge in [-0.25, -0.2) is 9.97 Å². The molecule has 0 atom stereocenters. The third-order valence-corrected chi connectivity index (χ3v) is 4.08. The number of aryl methyl sites for hydroxylation is 1. The summed E-state index contributed by atoms with van der Waals surface area (Å²) in [5.41, 5.74) is 3.71. The summed E-state index contributed by atoms with van der Waals surface area (Å²) in [6.07, 6.45) is 2.47. The van der Waals surface area contributed by atoms with E-state index in [4.69, 9.17) is 4.74 Å². The first-order chi connectivity index (χ1) is 12.7. The highest BCUT2D eigenvalue weighted by Crippen LogP contribution is 2.14. The van der Waals surface area contributed by atoms with Crippen molar-refractivity contribution in [2.75, 3.05) is 24.3 Å². The van der Waals surface area contributed by atoms with E-state index >= 15 is 0 Å². The van der Waals surface area contributed by atoms with Crippen LogP contribution in [0.5, 0.6) is 5.75 Å². The van der Waals surface area contributed by atoms with Crippen molar-refractivity contribution in [1.29, 1.82) is 0 Å². The number of anilines is 2. The van der Waals surface area contributed by atoms with Gasteiger partial charge in [0.25, 0.3) is 0 Å². The van der Waals surface area contributed by atoms with Crippen LogP contribution in [0.25, 0.3) is 0 Å². The van der Waals surface area contributed by atoms with Gasteiger partial charge in [0.15, 0.2) is 0 Å². The zero-order valence-electron chi connectivity index (χ0n) is 15.2. The minimum Gasteiger partial charge on any atom is -0.497 e. The molecule has 0 amide bonds. The molecule has 5 nitrogen and oxygen atoms in total. The van der Waals surface area contributed by atoms with Gasteiger partial charge in [-0.15, -0.1) is 0 Å². The van der Waals surface area contributed by atoms with Crippen LogP contribution in [0.1, 0.15) is 16.7 Å². The molecule has 0 spiro atoms. The van der Waals surface area contributed by atoms with Crippen LogP contribution >= 0.6 is 0 Å². The number of benzene rings is 2. The average Bonchev–Trinajstić information content (AvgIpc) is 2.67. The molecule has 0 aliphatic rings. The van der Waals surface area contributed by atoms with Crippen molar-refractivity contribution in [2.24, 2.45) is 0 Å². The van der Waals surface area contributed by atoms with Crippen LogP contribution in [0.4, 0.5) is 11.6 Å². The molecule has 0 saturated carbocycles. The molecule has 5 heteroatoms. The number of hydrogen-bond acceptors (Lipinski definition) is 5. The monoisotopic (exact) mass is 348 g/mol. The molecule has 0 fully saturated rings. The fourth-order valence-corrected chi connectivity index (χ4v) is 2.73. The largest absolute Gasteiger partial charge is 0.497 e. The summed E-state index contributed by atoms with van der Waals surface area (Å²) in [4.78, 5) is 8.57. The lowest BCUT2D eigenvalue weighted by Gasteiger charge is -2.09. The van der Waals surface area contributed by atoms with Crippen molar-refractivity contribution < 1.29 is 4.74 Å². The second-order valence-electron chi connectivity index (χ2n) is 6.16. The van der Waals surface area contributed by atoms with Gasteiger partial charge >= 0.3 is 0 Å². The maximum Gasteiger partial charge on any atom is 0.131 e. The van der Waals surface area contributed by atoms with Gasteiger partial charge in [0.2, 0.25) is 0 Å².